The number of fused-ring (bicyclic) bond motifs is 1. The summed E-state index contributed by atoms with van der Waals surface area (Å²) >= 11 is 0. The number of rotatable bonds is 1. The number of ether oxygens (including phenoxy) is 1. The quantitative estimate of drug-likeness (QED) is 0.381. The van der Waals surface area contributed by atoms with Crippen LogP contribution in [-0.2, 0) is 9.63 Å². The summed E-state index contributed by atoms with van der Waals surface area (Å²) in [4.78, 5) is 15.9. The predicted octanol–water partition coefficient (Wildman–Crippen LogP) is 1.26. The van der Waals surface area contributed by atoms with Gasteiger partial charge in [-0.05, 0) is 19.1 Å². The summed E-state index contributed by atoms with van der Waals surface area (Å²) in [6, 6.07) is 5.47. The van der Waals surface area contributed by atoms with Crippen molar-refractivity contribution in [2.24, 2.45) is 5.16 Å². The number of nitrogens with zero attached hydrogens (tertiary/aromatic N) is 1. The number of benzene rings is 1. The highest BCUT2D eigenvalue weighted by atomic mass is 16.6. The average molecular weight is 191 g/mol. The molecule has 4 nitrogen and oxygen atoms in total. The van der Waals surface area contributed by atoms with Crippen molar-refractivity contribution in [2.45, 2.75) is 6.92 Å². The molecule has 0 N–H and O–H groups in total. The molecule has 0 aromatic heterocycles. The summed E-state index contributed by atoms with van der Waals surface area (Å²) in [7, 11) is 1.40. The zero-order valence-corrected chi connectivity index (χ0v) is 7.90. The van der Waals surface area contributed by atoms with Gasteiger partial charge >= 0.3 is 5.97 Å². The highest BCUT2D eigenvalue weighted by Gasteiger charge is 2.29. The van der Waals surface area contributed by atoms with E-state index in [-0.39, 0.29) is 5.71 Å². The number of esters is 1. The summed E-state index contributed by atoms with van der Waals surface area (Å²) in [6.07, 6.45) is 0. The molecule has 0 radical (unpaired) electrons. The maximum absolute atomic E-state index is 11.3. The van der Waals surface area contributed by atoms with Crippen molar-refractivity contribution in [3.8, 4) is 5.75 Å². The SMILES string of the molecule is CO/N=C1\C(=O)Oc2ccc(C)cc21. The predicted molar refractivity (Wildman–Crippen MR) is 50.4 cm³/mol. The van der Waals surface area contributed by atoms with Crippen LogP contribution in [0.15, 0.2) is 23.4 Å². The molecule has 1 aromatic rings. The van der Waals surface area contributed by atoms with E-state index in [0.717, 1.165) is 5.56 Å². The van der Waals surface area contributed by atoms with Crippen molar-refractivity contribution in [3.63, 3.8) is 0 Å². The van der Waals surface area contributed by atoms with Gasteiger partial charge in [0.05, 0.1) is 5.56 Å². The van der Waals surface area contributed by atoms with E-state index in [0.29, 0.717) is 11.3 Å². The first-order valence-electron chi connectivity index (χ1n) is 4.16. The first-order chi connectivity index (χ1) is 6.72. The lowest BCUT2D eigenvalue weighted by molar-refractivity contribution is -0.126. The zero-order chi connectivity index (χ0) is 10.1. The molecule has 1 aromatic carbocycles. The molecule has 0 atom stereocenters. The van der Waals surface area contributed by atoms with Crippen LogP contribution in [0.5, 0.6) is 5.75 Å². The summed E-state index contributed by atoms with van der Waals surface area (Å²) in [5.41, 5.74) is 1.97. The van der Waals surface area contributed by atoms with Crippen LogP contribution in [0.4, 0.5) is 0 Å². The second kappa shape index (κ2) is 3.14. The van der Waals surface area contributed by atoms with Crippen molar-refractivity contribution in [2.75, 3.05) is 7.11 Å². The average Bonchev–Trinajstić information content (AvgIpc) is 2.45. The van der Waals surface area contributed by atoms with Gasteiger partial charge in [0, 0.05) is 0 Å². The molecule has 14 heavy (non-hydrogen) atoms. The number of carbonyl (C=O) groups excluding carboxylic acids is 1. The maximum Gasteiger partial charge on any atom is 0.366 e. The van der Waals surface area contributed by atoms with Crippen LogP contribution in [-0.4, -0.2) is 18.8 Å². The molecule has 0 bridgehead atoms. The fourth-order valence-corrected chi connectivity index (χ4v) is 1.35. The summed E-state index contributed by atoms with van der Waals surface area (Å²) in [6.45, 7) is 1.94. The van der Waals surface area contributed by atoms with E-state index in [2.05, 4.69) is 9.99 Å². The smallest absolute Gasteiger partial charge is 0.366 e. The molecule has 0 fully saturated rings. The second-order valence-corrected chi connectivity index (χ2v) is 3.01. The van der Waals surface area contributed by atoms with Crippen LogP contribution in [0.3, 0.4) is 0 Å². The third kappa shape index (κ3) is 1.25. The van der Waals surface area contributed by atoms with E-state index < -0.39 is 5.97 Å². The number of oxime groups is 1. The topological polar surface area (TPSA) is 47.9 Å². The standard InChI is InChI=1S/C10H9NO3/c1-6-3-4-8-7(5-6)9(11-13-2)10(12)14-8/h3-5H,1-2H3/b11-9-. The van der Waals surface area contributed by atoms with Gasteiger partial charge in [-0.2, -0.15) is 0 Å². The van der Waals surface area contributed by atoms with E-state index in [1.54, 1.807) is 6.07 Å². The van der Waals surface area contributed by atoms with Gasteiger partial charge in [0.25, 0.3) is 0 Å². The number of carbonyl (C=O) groups is 1. The van der Waals surface area contributed by atoms with Gasteiger partial charge in [0.1, 0.15) is 12.9 Å². The molecule has 0 aliphatic carbocycles. The molecule has 0 amide bonds. The third-order valence-electron chi connectivity index (χ3n) is 1.97. The van der Waals surface area contributed by atoms with Crippen molar-refractivity contribution >= 4 is 11.7 Å². The summed E-state index contributed by atoms with van der Waals surface area (Å²) in [5, 5.41) is 3.63. The molecular weight excluding hydrogens is 182 g/mol. The number of hydrogen-bond donors (Lipinski definition) is 0. The molecular formula is C10H9NO3. The lowest BCUT2D eigenvalue weighted by Gasteiger charge is -1.96. The maximum atomic E-state index is 11.3. The van der Waals surface area contributed by atoms with Gasteiger partial charge in [-0.15, -0.1) is 0 Å². The highest BCUT2D eigenvalue weighted by Crippen LogP contribution is 2.27. The Labute approximate surface area is 81.1 Å². The van der Waals surface area contributed by atoms with Crippen LogP contribution in [0.1, 0.15) is 11.1 Å². The molecule has 2 rings (SSSR count). The molecule has 0 saturated carbocycles. The van der Waals surface area contributed by atoms with E-state index in [4.69, 9.17) is 4.74 Å². The Hall–Kier alpha value is -1.84. The Balaban J connectivity index is 2.55. The molecule has 1 heterocycles. The molecule has 1 aliphatic rings. The van der Waals surface area contributed by atoms with Crippen LogP contribution < -0.4 is 4.74 Å². The van der Waals surface area contributed by atoms with Crippen LogP contribution in [0, 0.1) is 6.92 Å². The zero-order valence-electron chi connectivity index (χ0n) is 7.90. The van der Waals surface area contributed by atoms with Crippen LogP contribution in [0.25, 0.3) is 0 Å². The van der Waals surface area contributed by atoms with E-state index in [9.17, 15) is 4.79 Å². The fourth-order valence-electron chi connectivity index (χ4n) is 1.35. The van der Waals surface area contributed by atoms with Crippen molar-refractivity contribution in [1.82, 2.24) is 0 Å². The molecule has 0 spiro atoms. The van der Waals surface area contributed by atoms with Gasteiger partial charge in [0.2, 0.25) is 0 Å². The minimum Gasteiger partial charge on any atom is -0.421 e. The first kappa shape index (κ1) is 8.74. The number of hydrogen-bond acceptors (Lipinski definition) is 4. The minimum absolute atomic E-state index is 0.228. The number of aryl methyl sites for hydroxylation is 1. The Morgan fingerprint density at radius 2 is 2.21 bits per heavy atom. The lowest BCUT2D eigenvalue weighted by Crippen LogP contribution is -2.12. The molecule has 4 heteroatoms. The summed E-state index contributed by atoms with van der Waals surface area (Å²) < 4.78 is 4.98. The largest absolute Gasteiger partial charge is 0.421 e. The van der Waals surface area contributed by atoms with Gasteiger partial charge in [-0.3, -0.25) is 0 Å². The van der Waals surface area contributed by atoms with Gasteiger partial charge in [-0.1, -0.05) is 16.8 Å². The monoisotopic (exact) mass is 191 g/mol. The lowest BCUT2D eigenvalue weighted by atomic mass is 10.1. The Morgan fingerprint density at radius 1 is 1.43 bits per heavy atom. The van der Waals surface area contributed by atoms with Crippen molar-refractivity contribution in [3.05, 3.63) is 29.3 Å². The highest BCUT2D eigenvalue weighted by molar-refractivity contribution is 6.46. The molecule has 0 saturated heterocycles. The normalized spacial score (nSPS) is 16.7. The minimum atomic E-state index is -0.465. The van der Waals surface area contributed by atoms with Gasteiger partial charge < -0.3 is 9.57 Å². The Kier molecular flexibility index (Phi) is 1.96. The molecule has 0 unspecified atom stereocenters. The molecule has 72 valence electrons. The van der Waals surface area contributed by atoms with E-state index in [1.165, 1.54) is 7.11 Å². The second-order valence-electron chi connectivity index (χ2n) is 3.01. The Bertz CT molecular complexity index is 423. The third-order valence-corrected chi connectivity index (χ3v) is 1.97. The fraction of sp³-hybridized carbons (Fsp3) is 0.200. The summed E-state index contributed by atoms with van der Waals surface area (Å²) in [5.74, 6) is 0.0730. The first-order valence-corrected chi connectivity index (χ1v) is 4.16. The van der Waals surface area contributed by atoms with Gasteiger partial charge in [0.15, 0.2) is 5.71 Å². The van der Waals surface area contributed by atoms with Crippen molar-refractivity contribution in [1.29, 1.82) is 0 Å². The van der Waals surface area contributed by atoms with Crippen LogP contribution in [0.2, 0.25) is 0 Å². The molecule has 1 aliphatic heterocycles. The van der Waals surface area contributed by atoms with Crippen LogP contribution >= 0.6 is 0 Å². The van der Waals surface area contributed by atoms with Gasteiger partial charge in [-0.25, -0.2) is 4.79 Å². The Morgan fingerprint density at radius 3 is 2.93 bits per heavy atom. The van der Waals surface area contributed by atoms with E-state index >= 15 is 0 Å². The van der Waals surface area contributed by atoms with E-state index in [1.807, 2.05) is 19.1 Å². The van der Waals surface area contributed by atoms with Crippen molar-refractivity contribution < 1.29 is 14.4 Å².